The van der Waals surface area contributed by atoms with E-state index in [0.717, 1.165) is 11.1 Å². The average molecular weight is 347 g/mol. The number of hydrazone groups is 1. The van der Waals surface area contributed by atoms with Crippen molar-refractivity contribution in [3.05, 3.63) is 59.7 Å². The molecule has 4 nitrogen and oxygen atoms in total. The fourth-order valence-corrected chi connectivity index (χ4v) is 3.97. The lowest BCUT2D eigenvalue weighted by Crippen LogP contribution is -2.37. The van der Waals surface area contributed by atoms with Crippen LogP contribution in [0.3, 0.4) is 0 Å². The molecule has 0 aromatic heterocycles. The topological polar surface area (TPSA) is 58.5 Å². The van der Waals surface area contributed by atoms with Crippen molar-refractivity contribution in [3.8, 4) is 0 Å². The molecule has 0 radical (unpaired) electrons. The van der Waals surface area contributed by atoms with Crippen LogP contribution in [0, 0.1) is 6.92 Å². The van der Waals surface area contributed by atoms with Gasteiger partial charge in [0.15, 0.2) is 0 Å². The van der Waals surface area contributed by atoms with Crippen LogP contribution in [0.15, 0.2) is 58.5 Å². The molecule has 0 spiro atoms. The molecule has 2 rings (SSSR count). The molecular weight excluding hydrogens is 324 g/mol. The van der Waals surface area contributed by atoms with E-state index in [1.807, 2.05) is 19.1 Å². The normalized spacial score (nSPS) is 12.5. The number of aryl methyl sites for hydroxylation is 1. The molecule has 0 aliphatic carbocycles. The molecule has 0 saturated heterocycles. The lowest BCUT2D eigenvalue weighted by atomic mass is 10.2. The predicted octanol–water partition coefficient (Wildman–Crippen LogP) is 2.85. The summed E-state index contributed by atoms with van der Waals surface area (Å²) in [7, 11) is -4.94. The van der Waals surface area contributed by atoms with Gasteiger partial charge >= 0.3 is 0 Å². The summed E-state index contributed by atoms with van der Waals surface area (Å²) in [5, 5.41) is 5.21. The van der Waals surface area contributed by atoms with Crippen LogP contribution >= 0.6 is 0 Å². The summed E-state index contributed by atoms with van der Waals surface area (Å²) < 4.78 is 24.2. The first-order chi connectivity index (χ1) is 10.7. The third kappa shape index (κ3) is 4.77. The second-order valence-corrected chi connectivity index (χ2v) is 13.3. The summed E-state index contributed by atoms with van der Waals surface area (Å²) in [6.45, 7) is 8.76. The van der Waals surface area contributed by atoms with Crippen LogP contribution in [-0.4, -0.2) is 22.7 Å². The fourth-order valence-electron chi connectivity index (χ4n) is 2.01. The summed E-state index contributed by atoms with van der Waals surface area (Å²) in [5.74, 6) is 0. The molecule has 2 aromatic carbocycles. The molecule has 0 atom stereocenters. The molecule has 0 heterocycles. The van der Waals surface area contributed by atoms with Crippen LogP contribution < -0.4 is 10.0 Å². The van der Waals surface area contributed by atoms with Crippen molar-refractivity contribution in [2.45, 2.75) is 31.5 Å². The van der Waals surface area contributed by atoms with Crippen molar-refractivity contribution in [2.75, 3.05) is 0 Å². The number of nitrogens with zero attached hydrogens (tertiary/aromatic N) is 1. The van der Waals surface area contributed by atoms with Gasteiger partial charge in [0.05, 0.1) is 19.2 Å². The quantitative estimate of drug-likeness (QED) is 0.514. The van der Waals surface area contributed by atoms with E-state index in [1.165, 1.54) is 11.4 Å². The lowest BCUT2D eigenvalue weighted by Gasteiger charge is -2.16. The first-order valence-corrected chi connectivity index (χ1v) is 12.4. The Morgan fingerprint density at radius 1 is 0.957 bits per heavy atom. The maximum absolute atomic E-state index is 12.1. The van der Waals surface area contributed by atoms with E-state index in [9.17, 15) is 8.42 Å². The van der Waals surface area contributed by atoms with Crippen molar-refractivity contribution in [3.63, 3.8) is 0 Å². The molecule has 0 bridgehead atoms. The highest BCUT2D eigenvalue weighted by Gasteiger charge is 2.15. The molecule has 0 unspecified atom stereocenters. The second kappa shape index (κ2) is 6.68. The summed E-state index contributed by atoms with van der Waals surface area (Å²) in [5.41, 5.74) is 1.87. The van der Waals surface area contributed by atoms with Crippen LogP contribution in [0.25, 0.3) is 0 Å². The number of benzene rings is 2. The van der Waals surface area contributed by atoms with Gasteiger partial charge in [0.25, 0.3) is 10.0 Å². The first-order valence-electron chi connectivity index (χ1n) is 7.40. The molecule has 122 valence electrons. The molecule has 23 heavy (non-hydrogen) atoms. The van der Waals surface area contributed by atoms with Gasteiger partial charge in [-0.15, -0.1) is 0 Å². The Kier molecular flexibility index (Phi) is 5.06. The van der Waals surface area contributed by atoms with Gasteiger partial charge < -0.3 is 0 Å². The molecule has 0 aliphatic heterocycles. The molecule has 0 fully saturated rings. The van der Waals surface area contributed by atoms with Gasteiger partial charge in [-0.1, -0.05) is 66.8 Å². The SMILES string of the molecule is Cc1ccc(S(=O)(=O)NN=Cc2ccc([Si](C)(C)C)cc2)cc1. The van der Waals surface area contributed by atoms with E-state index in [-0.39, 0.29) is 4.90 Å². The smallest absolute Gasteiger partial charge is 0.200 e. The highest BCUT2D eigenvalue weighted by molar-refractivity contribution is 7.89. The fraction of sp³-hybridized carbons (Fsp3) is 0.235. The Morgan fingerprint density at radius 2 is 1.52 bits per heavy atom. The van der Waals surface area contributed by atoms with Crippen LogP contribution in [0.2, 0.25) is 19.6 Å². The minimum absolute atomic E-state index is 0.203. The summed E-state index contributed by atoms with van der Waals surface area (Å²) in [6, 6.07) is 14.7. The number of hydrogen-bond acceptors (Lipinski definition) is 3. The highest BCUT2D eigenvalue weighted by Crippen LogP contribution is 2.09. The number of rotatable bonds is 5. The van der Waals surface area contributed by atoms with Gasteiger partial charge in [-0.3, -0.25) is 0 Å². The van der Waals surface area contributed by atoms with Gasteiger partial charge in [-0.05, 0) is 24.6 Å². The van der Waals surface area contributed by atoms with Crippen LogP contribution in [0.1, 0.15) is 11.1 Å². The molecule has 0 saturated carbocycles. The Bertz CT molecular complexity index is 790. The Morgan fingerprint density at radius 3 is 2.04 bits per heavy atom. The van der Waals surface area contributed by atoms with Crippen molar-refractivity contribution in [1.82, 2.24) is 4.83 Å². The summed E-state index contributed by atoms with van der Waals surface area (Å²) >= 11 is 0. The third-order valence-corrected chi connectivity index (χ3v) is 6.80. The highest BCUT2D eigenvalue weighted by atomic mass is 32.2. The third-order valence-electron chi connectivity index (χ3n) is 3.49. The lowest BCUT2D eigenvalue weighted by molar-refractivity contribution is 0.584. The average Bonchev–Trinajstić information content (AvgIpc) is 2.47. The monoisotopic (exact) mass is 346 g/mol. The van der Waals surface area contributed by atoms with E-state index >= 15 is 0 Å². The van der Waals surface area contributed by atoms with Crippen LogP contribution in [-0.2, 0) is 10.0 Å². The zero-order valence-corrected chi connectivity index (χ0v) is 15.7. The number of sulfonamides is 1. The molecule has 2 aromatic rings. The minimum atomic E-state index is -3.62. The van der Waals surface area contributed by atoms with Crippen molar-refractivity contribution in [1.29, 1.82) is 0 Å². The van der Waals surface area contributed by atoms with Crippen molar-refractivity contribution >= 4 is 29.5 Å². The second-order valence-electron chi connectivity index (χ2n) is 6.54. The van der Waals surface area contributed by atoms with Crippen LogP contribution in [0.5, 0.6) is 0 Å². The standard InChI is InChI=1S/C17H22N2O2SSi/c1-14-5-9-16(10-6-14)22(20,21)19-18-13-15-7-11-17(12-8-15)23(2,3)4/h5-13,19H,1-4H3. The zero-order chi connectivity index (χ0) is 17.1. The van der Waals surface area contributed by atoms with E-state index in [0.29, 0.717) is 0 Å². The molecule has 0 amide bonds. The molecular formula is C17H22N2O2SSi. The van der Waals surface area contributed by atoms with E-state index in [1.54, 1.807) is 24.3 Å². The molecule has 6 heteroatoms. The van der Waals surface area contributed by atoms with E-state index in [2.05, 4.69) is 41.7 Å². The van der Waals surface area contributed by atoms with E-state index < -0.39 is 18.1 Å². The van der Waals surface area contributed by atoms with Crippen LogP contribution in [0.4, 0.5) is 0 Å². The Labute approximate surface area is 139 Å². The maximum atomic E-state index is 12.1. The molecule has 1 N–H and O–H groups in total. The van der Waals surface area contributed by atoms with E-state index in [4.69, 9.17) is 0 Å². The Hall–Kier alpha value is -1.92. The minimum Gasteiger partial charge on any atom is -0.200 e. The van der Waals surface area contributed by atoms with Gasteiger partial charge in [0.1, 0.15) is 0 Å². The van der Waals surface area contributed by atoms with Gasteiger partial charge in [0.2, 0.25) is 0 Å². The number of nitrogens with one attached hydrogen (secondary N) is 1. The molecule has 0 aliphatic rings. The largest absolute Gasteiger partial charge is 0.276 e. The summed E-state index contributed by atoms with van der Waals surface area (Å²) in [6.07, 6.45) is 1.51. The zero-order valence-electron chi connectivity index (χ0n) is 13.9. The van der Waals surface area contributed by atoms with Crippen molar-refractivity contribution in [2.24, 2.45) is 5.10 Å². The van der Waals surface area contributed by atoms with Crippen molar-refractivity contribution < 1.29 is 8.42 Å². The van der Waals surface area contributed by atoms with Gasteiger partial charge in [0, 0.05) is 0 Å². The maximum Gasteiger partial charge on any atom is 0.276 e. The van der Waals surface area contributed by atoms with Gasteiger partial charge in [-0.2, -0.15) is 13.5 Å². The predicted molar refractivity (Wildman–Crippen MR) is 98.5 cm³/mol. The Balaban J connectivity index is 2.07. The van der Waals surface area contributed by atoms with Gasteiger partial charge in [-0.25, -0.2) is 4.83 Å². The number of hydrogen-bond donors (Lipinski definition) is 1. The first kappa shape index (κ1) is 17.4. The summed E-state index contributed by atoms with van der Waals surface area (Å²) in [4.78, 5) is 2.44.